The second kappa shape index (κ2) is 6.79. The third-order valence-electron chi connectivity index (χ3n) is 3.55. The van der Waals surface area contributed by atoms with Crippen molar-refractivity contribution in [1.82, 2.24) is 19.7 Å². The molecule has 1 amide bonds. The van der Waals surface area contributed by atoms with E-state index >= 15 is 0 Å². The van der Waals surface area contributed by atoms with Gasteiger partial charge in [0.05, 0.1) is 11.0 Å². The lowest BCUT2D eigenvalue weighted by atomic mass is 10.1. The lowest BCUT2D eigenvalue weighted by Gasteiger charge is -2.25. The maximum Gasteiger partial charge on any atom is 0.306 e. The molecule has 0 aliphatic heterocycles. The molecule has 0 radical (unpaired) electrons. The number of aromatic nitrogens is 3. The minimum Gasteiger partial charge on any atom is -0.339 e. The van der Waals surface area contributed by atoms with E-state index in [1.165, 1.54) is 17.1 Å². The first kappa shape index (κ1) is 15.6. The molecule has 0 spiro atoms. The smallest absolute Gasteiger partial charge is 0.306 e. The van der Waals surface area contributed by atoms with E-state index in [4.69, 9.17) is 0 Å². The van der Waals surface area contributed by atoms with Crippen molar-refractivity contribution in [3.63, 3.8) is 0 Å². The average Bonchev–Trinajstić information content (AvgIpc) is 3.01. The standard InChI is InChI=1S/C14H17N5O3/c1-11(12-3-6-15-7-4-12)17(2)14(20)5-8-18-10-13(9-16-18)19(21)22/h3-4,6-7,9-11H,5,8H2,1-2H3. The van der Waals surface area contributed by atoms with Crippen LogP contribution in [0.2, 0.25) is 0 Å². The molecule has 0 aromatic carbocycles. The molecule has 0 saturated heterocycles. The molecule has 2 rings (SSSR count). The number of nitro groups is 1. The number of aryl methyl sites for hydroxylation is 1. The van der Waals surface area contributed by atoms with Crippen LogP contribution in [0.3, 0.4) is 0 Å². The van der Waals surface area contributed by atoms with Gasteiger partial charge in [-0.2, -0.15) is 5.10 Å². The highest BCUT2D eigenvalue weighted by molar-refractivity contribution is 5.76. The van der Waals surface area contributed by atoms with E-state index in [1.807, 2.05) is 19.1 Å². The van der Waals surface area contributed by atoms with Crippen LogP contribution in [0.1, 0.15) is 24.9 Å². The Hall–Kier alpha value is -2.77. The predicted molar refractivity (Wildman–Crippen MR) is 78.9 cm³/mol. The Morgan fingerprint density at radius 1 is 1.45 bits per heavy atom. The normalized spacial score (nSPS) is 11.9. The molecular formula is C14H17N5O3. The molecule has 2 aromatic heterocycles. The van der Waals surface area contributed by atoms with Crippen LogP contribution >= 0.6 is 0 Å². The van der Waals surface area contributed by atoms with Gasteiger partial charge in [0, 0.05) is 32.4 Å². The first-order chi connectivity index (χ1) is 10.5. The lowest BCUT2D eigenvalue weighted by molar-refractivity contribution is -0.385. The summed E-state index contributed by atoms with van der Waals surface area (Å²) in [5.41, 5.74) is 0.923. The summed E-state index contributed by atoms with van der Waals surface area (Å²) in [4.78, 5) is 27.9. The first-order valence-corrected chi connectivity index (χ1v) is 6.81. The van der Waals surface area contributed by atoms with Crippen LogP contribution in [-0.4, -0.2) is 37.5 Å². The van der Waals surface area contributed by atoms with Crippen molar-refractivity contribution in [3.8, 4) is 0 Å². The van der Waals surface area contributed by atoms with Crippen LogP contribution in [0.15, 0.2) is 36.9 Å². The predicted octanol–water partition coefficient (Wildman–Crippen LogP) is 1.80. The van der Waals surface area contributed by atoms with Crippen LogP contribution in [-0.2, 0) is 11.3 Å². The molecule has 0 fully saturated rings. The molecular weight excluding hydrogens is 286 g/mol. The fourth-order valence-electron chi connectivity index (χ4n) is 2.04. The van der Waals surface area contributed by atoms with Crippen LogP contribution in [0.4, 0.5) is 5.69 Å². The molecule has 0 bridgehead atoms. The summed E-state index contributed by atoms with van der Waals surface area (Å²) < 4.78 is 1.40. The second-order valence-corrected chi connectivity index (χ2v) is 4.93. The van der Waals surface area contributed by atoms with Crippen molar-refractivity contribution in [1.29, 1.82) is 0 Å². The van der Waals surface area contributed by atoms with Gasteiger partial charge in [-0.05, 0) is 24.6 Å². The maximum atomic E-state index is 12.2. The number of pyridine rings is 1. The van der Waals surface area contributed by atoms with Gasteiger partial charge in [-0.15, -0.1) is 0 Å². The summed E-state index contributed by atoms with van der Waals surface area (Å²) >= 11 is 0. The van der Waals surface area contributed by atoms with E-state index in [2.05, 4.69) is 10.1 Å². The summed E-state index contributed by atoms with van der Waals surface area (Å²) in [6.07, 6.45) is 6.10. The highest BCUT2D eigenvalue weighted by Gasteiger charge is 2.17. The molecule has 116 valence electrons. The molecule has 1 unspecified atom stereocenters. The van der Waals surface area contributed by atoms with Crippen LogP contribution < -0.4 is 0 Å². The highest BCUT2D eigenvalue weighted by Crippen LogP contribution is 2.18. The van der Waals surface area contributed by atoms with E-state index in [0.717, 1.165) is 5.56 Å². The SMILES string of the molecule is CC(c1ccncc1)N(C)C(=O)CCn1cc([N+](=O)[O-])cn1. The Bertz CT molecular complexity index is 656. The number of rotatable bonds is 6. The number of carbonyl (C=O) groups excluding carboxylic acids is 1. The van der Waals surface area contributed by atoms with E-state index in [1.54, 1.807) is 24.3 Å². The van der Waals surface area contributed by atoms with Crippen molar-refractivity contribution >= 4 is 11.6 Å². The minimum atomic E-state index is -0.511. The van der Waals surface area contributed by atoms with Gasteiger partial charge in [0.15, 0.2) is 0 Å². The summed E-state index contributed by atoms with van der Waals surface area (Å²) in [6.45, 7) is 2.24. The Morgan fingerprint density at radius 2 is 2.14 bits per heavy atom. The zero-order valence-corrected chi connectivity index (χ0v) is 12.4. The monoisotopic (exact) mass is 303 g/mol. The average molecular weight is 303 g/mol. The fourth-order valence-corrected chi connectivity index (χ4v) is 2.04. The van der Waals surface area contributed by atoms with Gasteiger partial charge >= 0.3 is 5.69 Å². The van der Waals surface area contributed by atoms with Crippen molar-refractivity contribution in [2.24, 2.45) is 0 Å². The molecule has 2 heterocycles. The van der Waals surface area contributed by atoms with E-state index in [0.29, 0.717) is 6.54 Å². The molecule has 0 saturated carbocycles. The number of nitrogens with zero attached hydrogens (tertiary/aromatic N) is 5. The van der Waals surface area contributed by atoms with Gasteiger partial charge in [-0.3, -0.25) is 24.6 Å². The Labute approximate surface area is 127 Å². The van der Waals surface area contributed by atoms with Gasteiger partial charge in [0.25, 0.3) is 0 Å². The molecule has 2 aromatic rings. The minimum absolute atomic E-state index is 0.0533. The van der Waals surface area contributed by atoms with Crippen LogP contribution in [0, 0.1) is 10.1 Å². The van der Waals surface area contributed by atoms with Crippen molar-refractivity contribution in [2.45, 2.75) is 25.9 Å². The number of hydrogen-bond donors (Lipinski definition) is 0. The quantitative estimate of drug-likeness (QED) is 0.599. The van der Waals surface area contributed by atoms with E-state index in [-0.39, 0.29) is 24.1 Å². The molecule has 1 atom stereocenters. The zero-order valence-electron chi connectivity index (χ0n) is 12.4. The van der Waals surface area contributed by atoms with E-state index < -0.39 is 4.92 Å². The Morgan fingerprint density at radius 3 is 2.73 bits per heavy atom. The maximum absolute atomic E-state index is 12.2. The summed E-state index contributed by atoms with van der Waals surface area (Å²) in [5.74, 6) is -0.0533. The summed E-state index contributed by atoms with van der Waals surface area (Å²) in [5, 5.41) is 14.4. The highest BCUT2D eigenvalue weighted by atomic mass is 16.6. The largest absolute Gasteiger partial charge is 0.339 e. The number of hydrogen-bond acceptors (Lipinski definition) is 5. The topological polar surface area (TPSA) is 94.2 Å². The Kier molecular flexibility index (Phi) is 4.82. The molecule has 0 aliphatic rings. The van der Waals surface area contributed by atoms with Gasteiger partial charge in [0.2, 0.25) is 5.91 Å². The van der Waals surface area contributed by atoms with Crippen molar-refractivity contribution in [2.75, 3.05) is 7.05 Å². The molecule has 8 nitrogen and oxygen atoms in total. The van der Waals surface area contributed by atoms with Crippen LogP contribution in [0.5, 0.6) is 0 Å². The third kappa shape index (κ3) is 3.66. The molecule has 8 heteroatoms. The number of amides is 1. The van der Waals surface area contributed by atoms with Gasteiger partial charge in [-0.25, -0.2) is 0 Å². The van der Waals surface area contributed by atoms with Crippen LogP contribution in [0.25, 0.3) is 0 Å². The van der Waals surface area contributed by atoms with Gasteiger partial charge in [-0.1, -0.05) is 0 Å². The Balaban J connectivity index is 1.92. The zero-order chi connectivity index (χ0) is 16.1. The fraction of sp³-hybridized carbons (Fsp3) is 0.357. The van der Waals surface area contributed by atoms with Gasteiger partial charge in [0.1, 0.15) is 12.4 Å². The van der Waals surface area contributed by atoms with E-state index in [9.17, 15) is 14.9 Å². The summed E-state index contributed by atoms with van der Waals surface area (Å²) in [6, 6.07) is 3.67. The second-order valence-electron chi connectivity index (χ2n) is 4.93. The first-order valence-electron chi connectivity index (χ1n) is 6.81. The third-order valence-corrected chi connectivity index (χ3v) is 3.55. The molecule has 0 aliphatic carbocycles. The lowest BCUT2D eigenvalue weighted by Crippen LogP contribution is -2.30. The molecule has 0 N–H and O–H groups in total. The summed E-state index contributed by atoms with van der Waals surface area (Å²) in [7, 11) is 1.74. The van der Waals surface area contributed by atoms with Crippen molar-refractivity contribution < 1.29 is 9.72 Å². The molecule has 22 heavy (non-hydrogen) atoms. The van der Waals surface area contributed by atoms with Crippen molar-refractivity contribution in [3.05, 3.63) is 52.6 Å². The van der Waals surface area contributed by atoms with Gasteiger partial charge < -0.3 is 4.90 Å². The number of carbonyl (C=O) groups is 1.